The fourth-order valence-corrected chi connectivity index (χ4v) is 2.87. The van der Waals surface area contributed by atoms with Crippen molar-refractivity contribution >= 4 is 28.9 Å². The Morgan fingerprint density at radius 1 is 1.07 bits per heavy atom. The van der Waals surface area contributed by atoms with Gasteiger partial charge in [0.1, 0.15) is 11.4 Å². The lowest BCUT2D eigenvalue weighted by Gasteiger charge is -2.14. The van der Waals surface area contributed by atoms with Gasteiger partial charge in [-0.1, -0.05) is 41.9 Å². The molecule has 6 heteroatoms. The van der Waals surface area contributed by atoms with Crippen LogP contribution in [0.3, 0.4) is 0 Å². The minimum Gasteiger partial charge on any atom is -0.495 e. The quantitative estimate of drug-likeness (QED) is 0.632. The summed E-state index contributed by atoms with van der Waals surface area (Å²) in [7, 11) is 1.57. The van der Waals surface area contributed by atoms with Crippen molar-refractivity contribution in [1.82, 2.24) is 10.3 Å². The highest BCUT2D eigenvalue weighted by Gasteiger charge is 2.12. The molecule has 1 unspecified atom stereocenters. The molecule has 0 aliphatic heterocycles. The SMILES string of the molecule is COc1ccc(Nc2ccc(C(=O)NC(C)c3ccccc3)nc2)cc1Cl. The number of pyridine rings is 1. The molecular weight excluding hydrogens is 362 g/mol. The van der Waals surface area contributed by atoms with Crippen LogP contribution < -0.4 is 15.4 Å². The number of amides is 1. The zero-order valence-electron chi connectivity index (χ0n) is 15.1. The number of rotatable bonds is 6. The highest BCUT2D eigenvalue weighted by molar-refractivity contribution is 6.32. The summed E-state index contributed by atoms with van der Waals surface area (Å²) < 4.78 is 5.14. The first kappa shape index (κ1) is 18.7. The summed E-state index contributed by atoms with van der Waals surface area (Å²) in [6, 6.07) is 18.6. The molecule has 0 saturated heterocycles. The molecule has 1 atom stereocenters. The van der Waals surface area contributed by atoms with E-state index in [-0.39, 0.29) is 11.9 Å². The number of nitrogens with one attached hydrogen (secondary N) is 2. The monoisotopic (exact) mass is 381 g/mol. The van der Waals surface area contributed by atoms with E-state index in [1.54, 1.807) is 37.6 Å². The van der Waals surface area contributed by atoms with Crippen molar-refractivity contribution in [1.29, 1.82) is 0 Å². The number of hydrogen-bond acceptors (Lipinski definition) is 4. The van der Waals surface area contributed by atoms with Gasteiger partial charge in [-0.15, -0.1) is 0 Å². The fraction of sp³-hybridized carbons (Fsp3) is 0.143. The Morgan fingerprint density at radius 3 is 2.44 bits per heavy atom. The predicted molar refractivity (Wildman–Crippen MR) is 108 cm³/mol. The van der Waals surface area contributed by atoms with Gasteiger partial charge >= 0.3 is 0 Å². The molecule has 27 heavy (non-hydrogen) atoms. The number of anilines is 2. The van der Waals surface area contributed by atoms with Crippen molar-refractivity contribution in [2.45, 2.75) is 13.0 Å². The molecule has 1 heterocycles. The zero-order chi connectivity index (χ0) is 19.2. The predicted octanol–water partition coefficient (Wildman–Crippen LogP) is 4.98. The standard InChI is InChI=1S/C21H20ClN3O2/c1-14(15-6-4-3-5-7-15)24-21(26)19-10-8-17(13-23-19)25-16-9-11-20(27-2)18(22)12-16/h3-14,25H,1-2H3,(H,24,26). The van der Waals surface area contributed by atoms with Crippen LogP contribution in [-0.4, -0.2) is 18.0 Å². The van der Waals surface area contributed by atoms with Crippen LogP contribution in [0.4, 0.5) is 11.4 Å². The number of ether oxygens (including phenoxy) is 1. The Bertz CT molecular complexity index is 914. The van der Waals surface area contributed by atoms with Crippen molar-refractivity contribution in [3.05, 3.63) is 83.1 Å². The van der Waals surface area contributed by atoms with Gasteiger partial charge in [-0.2, -0.15) is 0 Å². The smallest absolute Gasteiger partial charge is 0.270 e. The van der Waals surface area contributed by atoms with E-state index in [0.29, 0.717) is 16.5 Å². The lowest BCUT2D eigenvalue weighted by molar-refractivity contribution is 0.0935. The van der Waals surface area contributed by atoms with Crippen molar-refractivity contribution in [2.24, 2.45) is 0 Å². The fourth-order valence-electron chi connectivity index (χ4n) is 2.61. The summed E-state index contributed by atoms with van der Waals surface area (Å²) in [5.41, 5.74) is 2.96. The second kappa shape index (κ2) is 8.56. The lowest BCUT2D eigenvalue weighted by Crippen LogP contribution is -2.27. The van der Waals surface area contributed by atoms with Gasteiger partial charge in [0.25, 0.3) is 5.91 Å². The third-order valence-electron chi connectivity index (χ3n) is 4.08. The maximum atomic E-state index is 12.4. The van der Waals surface area contributed by atoms with Crippen LogP contribution >= 0.6 is 11.6 Å². The van der Waals surface area contributed by atoms with Gasteiger partial charge in [-0.05, 0) is 42.8 Å². The zero-order valence-corrected chi connectivity index (χ0v) is 15.8. The molecule has 0 saturated carbocycles. The molecule has 0 bridgehead atoms. The molecule has 3 aromatic rings. The molecule has 1 amide bonds. The minimum absolute atomic E-state index is 0.0975. The Labute approximate surface area is 163 Å². The van der Waals surface area contributed by atoms with Gasteiger partial charge in [-0.25, -0.2) is 4.98 Å². The lowest BCUT2D eigenvalue weighted by atomic mass is 10.1. The van der Waals surface area contributed by atoms with Gasteiger partial charge in [0.05, 0.1) is 30.1 Å². The van der Waals surface area contributed by atoms with Crippen LogP contribution in [0.5, 0.6) is 5.75 Å². The van der Waals surface area contributed by atoms with E-state index in [2.05, 4.69) is 15.6 Å². The summed E-state index contributed by atoms with van der Waals surface area (Å²) in [5.74, 6) is 0.394. The largest absolute Gasteiger partial charge is 0.495 e. The van der Waals surface area contributed by atoms with Gasteiger partial charge in [0, 0.05) is 5.69 Å². The molecule has 2 N–H and O–H groups in total. The average molecular weight is 382 g/mol. The molecule has 138 valence electrons. The summed E-state index contributed by atoms with van der Waals surface area (Å²) in [4.78, 5) is 16.6. The van der Waals surface area contributed by atoms with E-state index in [1.807, 2.05) is 43.3 Å². The number of aromatic nitrogens is 1. The van der Waals surface area contributed by atoms with Crippen LogP contribution in [-0.2, 0) is 0 Å². The molecule has 0 radical (unpaired) electrons. The number of hydrogen-bond donors (Lipinski definition) is 2. The summed E-state index contributed by atoms with van der Waals surface area (Å²) in [5, 5.41) is 6.66. The normalized spacial score (nSPS) is 11.5. The number of carbonyl (C=O) groups excluding carboxylic acids is 1. The molecular formula is C21H20ClN3O2. The number of benzene rings is 2. The van der Waals surface area contributed by atoms with Gasteiger partial charge < -0.3 is 15.4 Å². The number of nitrogens with zero attached hydrogens (tertiary/aromatic N) is 1. The molecule has 2 aromatic carbocycles. The summed E-state index contributed by atoms with van der Waals surface area (Å²) >= 11 is 6.13. The Hall–Kier alpha value is -3.05. The minimum atomic E-state index is -0.217. The maximum Gasteiger partial charge on any atom is 0.270 e. The van der Waals surface area contributed by atoms with Crippen molar-refractivity contribution < 1.29 is 9.53 Å². The third-order valence-corrected chi connectivity index (χ3v) is 4.38. The molecule has 3 rings (SSSR count). The highest BCUT2D eigenvalue weighted by Crippen LogP contribution is 2.28. The Morgan fingerprint density at radius 2 is 1.81 bits per heavy atom. The second-order valence-electron chi connectivity index (χ2n) is 6.01. The molecule has 1 aromatic heterocycles. The van der Waals surface area contributed by atoms with E-state index >= 15 is 0 Å². The number of halogens is 1. The highest BCUT2D eigenvalue weighted by atomic mass is 35.5. The van der Waals surface area contributed by atoms with E-state index in [0.717, 1.165) is 16.9 Å². The van der Waals surface area contributed by atoms with Gasteiger partial charge in [0.15, 0.2) is 0 Å². The molecule has 0 aliphatic rings. The van der Waals surface area contributed by atoms with Crippen LogP contribution in [0.1, 0.15) is 29.0 Å². The maximum absolute atomic E-state index is 12.4. The Balaban J connectivity index is 1.64. The molecule has 0 fully saturated rings. The first-order valence-corrected chi connectivity index (χ1v) is 8.87. The summed E-state index contributed by atoms with van der Waals surface area (Å²) in [6.45, 7) is 1.94. The van der Waals surface area contributed by atoms with Gasteiger partial charge in [0.2, 0.25) is 0 Å². The van der Waals surface area contributed by atoms with Crippen LogP contribution in [0, 0.1) is 0 Å². The molecule has 0 aliphatic carbocycles. The van der Waals surface area contributed by atoms with Gasteiger partial charge in [-0.3, -0.25) is 4.79 Å². The van der Waals surface area contributed by atoms with E-state index in [1.165, 1.54) is 0 Å². The Kier molecular flexibility index (Phi) is 5.94. The van der Waals surface area contributed by atoms with E-state index in [9.17, 15) is 4.79 Å². The van der Waals surface area contributed by atoms with Crippen molar-refractivity contribution in [2.75, 3.05) is 12.4 Å². The number of carbonyl (C=O) groups is 1. The topological polar surface area (TPSA) is 63.2 Å². The molecule has 5 nitrogen and oxygen atoms in total. The molecule has 0 spiro atoms. The van der Waals surface area contributed by atoms with Crippen LogP contribution in [0.25, 0.3) is 0 Å². The van der Waals surface area contributed by atoms with Crippen molar-refractivity contribution in [3.63, 3.8) is 0 Å². The third kappa shape index (κ3) is 4.77. The number of methoxy groups -OCH3 is 1. The first-order valence-electron chi connectivity index (χ1n) is 8.49. The van der Waals surface area contributed by atoms with E-state index in [4.69, 9.17) is 16.3 Å². The van der Waals surface area contributed by atoms with Crippen molar-refractivity contribution in [3.8, 4) is 5.75 Å². The van der Waals surface area contributed by atoms with E-state index < -0.39 is 0 Å². The second-order valence-corrected chi connectivity index (χ2v) is 6.42. The first-order chi connectivity index (χ1) is 13.1. The average Bonchev–Trinajstić information content (AvgIpc) is 2.69. The summed E-state index contributed by atoms with van der Waals surface area (Å²) in [6.07, 6.45) is 1.61. The van der Waals surface area contributed by atoms with Crippen LogP contribution in [0.15, 0.2) is 66.9 Å². The van der Waals surface area contributed by atoms with Crippen LogP contribution in [0.2, 0.25) is 5.02 Å².